The molecule has 6 heteroatoms. The van der Waals surface area contributed by atoms with Crippen LogP contribution in [0.5, 0.6) is 0 Å². The maximum Gasteiger partial charge on any atom is 0.230 e. The molecule has 2 saturated heterocycles. The lowest BCUT2D eigenvalue weighted by Gasteiger charge is -2.27. The van der Waals surface area contributed by atoms with Crippen LogP contribution in [0.4, 0.5) is 0 Å². The SMILES string of the molecule is O=C(NCCc1c[nH]c2ccccc12)[C@H]1[C@H]2C(=O)N(C3CCCC3)C[C@]23C=C[C@H]1O3. The number of carbonyl (C=O) groups excluding carboxylic acids is 2. The maximum absolute atomic E-state index is 13.3. The van der Waals surface area contributed by atoms with Crippen molar-refractivity contribution < 1.29 is 14.3 Å². The Kier molecular flexibility index (Phi) is 4.07. The van der Waals surface area contributed by atoms with E-state index in [1.54, 1.807) is 0 Å². The van der Waals surface area contributed by atoms with Crippen LogP contribution in [-0.2, 0) is 20.7 Å². The van der Waals surface area contributed by atoms with Gasteiger partial charge < -0.3 is 19.9 Å². The summed E-state index contributed by atoms with van der Waals surface area (Å²) in [6.07, 6.45) is 11.0. The number of aromatic amines is 1. The quantitative estimate of drug-likeness (QED) is 0.751. The lowest BCUT2D eigenvalue weighted by molar-refractivity contribution is -0.138. The van der Waals surface area contributed by atoms with Gasteiger partial charge in [0.2, 0.25) is 11.8 Å². The highest BCUT2D eigenvalue weighted by Gasteiger charge is 2.67. The van der Waals surface area contributed by atoms with Crippen LogP contribution >= 0.6 is 0 Å². The van der Waals surface area contributed by atoms with Crippen molar-refractivity contribution in [2.45, 2.75) is 49.9 Å². The van der Waals surface area contributed by atoms with Crippen molar-refractivity contribution >= 4 is 22.7 Å². The van der Waals surface area contributed by atoms with E-state index < -0.39 is 11.5 Å². The molecule has 4 atom stereocenters. The topological polar surface area (TPSA) is 74.4 Å². The van der Waals surface area contributed by atoms with Crippen LogP contribution in [-0.4, -0.2) is 52.5 Å². The van der Waals surface area contributed by atoms with Gasteiger partial charge in [0.1, 0.15) is 5.60 Å². The lowest BCUT2D eigenvalue weighted by Crippen LogP contribution is -2.45. The third-order valence-electron chi connectivity index (χ3n) is 7.57. The summed E-state index contributed by atoms with van der Waals surface area (Å²) in [5, 5.41) is 4.28. The molecule has 6 rings (SSSR count). The molecule has 2 bridgehead atoms. The van der Waals surface area contributed by atoms with Crippen LogP contribution in [0.2, 0.25) is 0 Å². The zero-order chi connectivity index (χ0) is 20.3. The Morgan fingerprint density at radius 2 is 2.10 bits per heavy atom. The Balaban J connectivity index is 1.15. The molecular formula is C24H27N3O3. The molecule has 1 saturated carbocycles. The summed E-state index contributed by atoms with van der Waals surface area (Å²) in [7, 11) is 0. The highest BCUT2D eigenvalue weighted by atomic mass is 16.5. The van der Waals surface area contributed by atoms with Crippen LogP contribution < -0.4 is 5.32 Å². The van der Waals surface area contributed by atoms with E-state index in [9.17, 15) is 9.59 Å². The van der Waals surface area contributed by atoms with Gasteiger partial charge >= 0.3 is 0 Å². The monoisotopic (exact) mass is 405 g/mol. The minimum atomic E-state index is -0.594. The lowest BCUT2D eigenvalue weighted by atomic mass is 9.77. The number of amides is 2. The second-order valence-corrected chi connectivity index (χ2v) is 9.20. The fourth-order valence-electron chi connectivity index (χ4n) is 6.13. The number of ether oxygens (including phenoxy) is 1. The van der Waals surface area contributed by atoms with Crippen molar-refractivity contribution in [1.82, 2.24) is 15.2 Å². The van der Waals surface area contributed by atoms with E-state index in [1.165, 1.54) is 23.8 Å². The minimum Gasteiger partial charge on any atom is -0.361 e. The first kappa shape index (κ1) is 18.2. The minimum absolute atomic E-state index is 0.0577. The normalized spacial score (nSPS) is 32.5. The Labute approximate surface area is 175 Å². The Morgan fingerprint density at radius 1 is 1.27 bits per heavy atom. The van der Waals surface area contributed by atoms with Gasteiger partial charge in [-0.15, -0.1) is 0 Å². The first-order valence-electron chi connectivity index (χ1n) is 11.2. The van der Waals surface area contributed by atoms with Gasteiger partial charge in [0.25, 0.3) is 0 Å². The van der Waals surface area contributed by atoms with Gasteiger partial charge in [0.15, 0.2) is 0 Å². The average molecular weight is 405 g/mol. The van der Waals surface area contributed by atoms with Crippen molar-refractivity contribution in [3.8, 4) is 0 Å². The van der Waals surface area contributed by atoms with E-state index >= 15 is 0 Å². The number of likely N-dealkylation sites (tertiary alicyclic amines) is 1. The number of nitrogens with one attached hydrogen (secondary N) is 2. The van der Waals surface area contributed by atoms with Gasteiger partial charge in [-0.25, -0.2) is 0 Å². The van der Waals surface area contributed by atoms with E-state index in [1.807, 2.05) is 35.4 Å². The molecule has 1 aliphatic carbocycles. The molecule has 0 unspecified atom stereocenters. The largest absolute Gasteiger partial charge is 0.361 e. The van der Waals surface area contributed by atoms with Gasteiger partial charge in [0.05, 0.1) is 24.5 Å². The summed E-state index contributed by atoms with van der Waals surface area (Å²) in [5.41, 5.74) is 1.70. The van der Waals surface area contributed by atoms with E-state index in [4.69, 9.17) is 4.74 Å². The number of hydrogen-bond acceptors (Lipinski definition) is 3. The molecule has 2 aromatic rings. The zero-order valence-corrected chi connectivity index (χ0v) is 17.0. The standard InChI is InChI=1S/C24H27N3O3/c28-22(25-12-10-15-13-26-18-8-4-3-7-17(15)18)20-19-9-11-24(30-19)14-27(23(29)21(20)24)16-5-1-2-6-16/h3-4,7-9,11,13,16,19-21,26H,1-2,5-6,10,12,14H2,(H,25,28)/t19-,20-,21+,24-/m1/s1. The molecule has 156 valence electrons. The summed E-state index contributed by atoms with van der Waals surface area (Å²) < 4.78 is 6.25. The van der Waals surface area contributed by atoms with Crippen LogP contribution in [0, 0.1) is 11.8 Å². The molecule has 3 fully saturated rings. The fraction of sp³-hybridized carbons (Fsp3) is 0.500. The highest BCUT2D eigenvalue weighted by Crippen LogP contribution is 2.53. The third kappa shape index (κ3) is 2.59. The number of para-hydroxylation sites is 1. The van der Waals surface area contributed by atoms with Gasteiger partial charge in [-0.2, -0.15) is 0 Å². The van der Waals surface area contributed by atoms with E-state index in [2.05, 4.69) is 22.4 Å². The van der Waals surface area contributed by atoms with E-state index in [-0.39, 0.29) is 23.8 Å². The van der Waals surface area contributed by atoms with Crippen molar-refractivity contribution in [2.75, 3.05) is 13.1 Å². The molecule has 0 radical (unpaired) electrons. The first-order chi connectivity index (χ1) is 14.7. The smallest absolute Gasteiger partial charge is 0.230 e. The highest BCUT2D eigenvalue weighted by molar-refractivity contribution is 5.93. The van der Waals surface area contributed by atoms with Gasteiger partial charge in [-0.05, 0) is 30.9 Å². The number of aromatic nitrogens is 1. The summed E-state index contributed by atoms with van der Waals surface area (Å²) >= 11 is 0. The molecule has 1 aromatic carbocycles. The van der Waals surface area contributed by atoms with Gasteiger partial charge in [-0.3, -0.25) is 9.59 Å². The maximum atomic E-state index is 13.3. The van der Waals surface area contributed by atoms with E-state index in [0.717, 1.165) is 24.8 Å². The second-order valence-electron chi connectivity index (χ2n) is 9.20. The number of fused-ring (bicyclic) bond motifs is 2. The van der Waals surface area contributed by atoms with Crippen LogP contribution in [0.25, 0.3) is 10.9 Å². The molecule has 30 heavy (non-hydrogen) atoms. The molecule has 1 spiro atoms. The van der Waals surface area contributed by atoms with Crippen LogP contribution in [0.1, 0.15) is 31.2 Å². The number of H-pyrrole nitrogens is 1. The Bertz CT molecular complexity index is 1040. The first-order valence-corrected chi connectivity index (χ1v) is 11.2. The summed E-state index contributed by atoms with van der Waals surface area (Å²) in [4.78, 5) is 31.7. The Hall–Kier alpha value is -2.60. The molecule has 4 heterocycles. The van der Waals surface area contributed by atoms with Crippen molar-refractivity contribution in [3.63, 3.8) is 0 Å². The predicted octanol–water partition coefficient (Wildman–Crippen LogP) is 2.55. The number of benzene rings is 1. The van der Waals surface area contributed by atoms with Crippen molar-refractivity contribution in [3.05, 3.63) is 48.2 Å². The number of hydrogen-bond donors (Lipinski definition) is 2. The molecule has 2 amide bonds. The van der Waals surface area contributed by atoms with E-state index in [0.29, 0.717) is 19.1 Å². The molecule has 6 nitrogen and oxygen atoms in total. The Morgan fingerprint density at radius 3 is 2.97 bits per heavy atom. The summed E-state index contributed by atoms with van der Waals surface area (Å²) in [6.45, 7) is 1.15. The second kappa shape index (κ2) is 6.71. The van der Waals surface area contributed by atoms with Crippen LogP contribution in [0.15, 0.2) is 42.6 Å². The molecule has 4 aliphatic rings. The summed E-state index contributed by atoms with van der Waals surface area (Å²) in [6, 6.07) is 8.50. The van der Waals surface area contributed by atoms with Crippen LogP contribution in [0.3, 0.4) is 0 Å². The zero-order valence-electron chi connectivity index (χ0n) is 17.0. The molecule has 1 aromatic heterocycles. The number of carbonyl (C=O) groups is 2. The average Bonchev–Trinajstić information content (AvgIpc) is 3.56. The van der Waals surface area contributed by atoms with Gasteiger partial charge in [-0.1, -0.05) is 43.2 Å². The summed E-state index contributed by atoms with van der Waals surface area (Å²) in [5.74, 6) is -0.735. The van der Waals surface area contributed by atoms with Crippen molar-refractivity contribution in [2.24, 2.45) is 11.8 Å². The molecular weight excluding hydrogens is 378 g/mol. The molecule has 2 N–H and O–H groups in total. The number of nitrogens with zero attached hydrogens (tertiary/aromatic N) is 1. The third-order valence-corrected chi connectivity index (χ3v) is 7.57. The fourth-order valence-corrected chi connectivity index (χ4v) is 6.13. The van der Waals surface area contributed by atoms with Gasteiger partial charge in [0, 0.05) is 29.7 Å². The van der Waals surface area contributed by atoms with Crippen molar-refractivity contribution in [1.29, 1.82) is 0 Å². The molecule has 3 aliphatic heterocycles. The predicted molar refractivity (Wildman–Crippen MR) is 113 cm³/mol. The number of rotatable bonds is 5.